The molecular weight excluding hydrogens is 586 g/mol. The Balaban J connectivity index is 0.000000715. The maximum absolute atomic E-state index is 12.7. The molecule has 2 unspecified atom stereocenters. The van der Waals surface area contributed by atoms with Crippen LogP contribution >= 0.6 is 0 Å². The lowest BCUT2D eigenvalue weighted by atomic mass is 10.0. The van der Waals surface area contributed by atoms with Gasteiger partial charge in [0.25, 0.3) is 5.56 Å². The van der Waals surface area contributed by atoms with Gasteiger partial charge in [-0.05, 0) is 81.0 Å². The van der Waals surface area contributed by atoms with Crippen molar-refractivity contribution in [3.05, 3.63) is 80.9 Å². The number of aryl methyl sites for hydroxylation is 1. The minimum atomic E-state index is -0.592. The van der Waals surface area contributed by atoms with E-state index in [1.807, 2.05) is 37.3 Å². The number of methoxy groups -OCH3 is 2. The first-order valence-corrected chi connectivity index (χ1v) is 17.5. The van der Waals surface area contributed by atoms with Crippen molar-refractivity contribution in [3.8, 4) is 11.5 Å². The van der Waals surface area contributed by atoms with Gasteiger partial charge < -0.3 is 24.9 Å². The number of anilines is 1. The highest BCUT2D eigenvalue weighted by Crippen LogP contribution is 2.30. The van der Waals surface area contributed by atoms with Crippen LogP contribution in [0.3, 0.4) is 0 Å². The molecule has 2 aromatic carbocycles. The van der Waals surface area contributed by atoms with Crippen LogP contribution in [0, 0.1) is 31.6 Å². The maximum Gasteiger partial charge on any atom is 0.255 e. The molecule has 0 saturated carbocycles. The monoisotopic (exact) mass is 651 g/mol. The molecule has 47 heavy (non-hydrogen) atoms. The predicted octanol–water partition coefficient (Wildman–Crippen LogP) is 9.31. The molecular formula is C40H65N3O4. The standard InChI is InChI=1S/C27H35N3O4.C8H18.C5H12/c1-17-23(33-4)14-21(15-24(17)34-5)16-25-29-26(18(2)27(32)30-25)28-22(19(3)31)13-9-12-20-10-7-6-8-11-20;1-7(2)5-6-8(3)4;1-4-5(2)3/h6-8,10-11,14-15,19,22,31H,9,12-13,16H2,1-5H3,(H2,28,29,30,32);7-8H,5-6H2,1-4H3;5H,4H2,1-3H3. The zero-order valence-electron chi connectivity index (χ0n) is 31.5. The predicted molar refractivity (Wildman–Crippen MR) is 199 cm³/mol. The Kier molecular flexibility index (Phi) is 19.8. The summed E-state index contributed by atoms with van der Waals surface area (Å²) in [6, 6.07) is 13.9. The molecule has 0 aliphatic rings. The Morgan fingerprint density at radius 3 is 1.79 bits per heavy atom. The SMILES string of the molecule is CC(C)CCC(C)C.CCC(C)C.COc1cc(Cc2nc(NC(CCCc3ccccc3)C(C)O)c(C)c(=O)[nH]2)cc(OC)c1C. The summed E-state index contributed by atoms with van der Waals surface area (Å²) < 4.78 is 10.9. The van der Waals surface area contributed by atoms with E-state index in [0.717, 1.165) is 59.6 Å². The lowest BCUT2D eigenvalue weighted by molar-refractivity contribution is 0.166. The number of hydrogen-bond donors (Lipinski definition) is 3. The van der Waals surface area contributed by atoms with E-state index in [1.165, 1.54) is 24.8 Å². The third kappa shape index (κ3) is 16.4. The summed E-state index contributed by atoms with van der Waals surface area (Å²) >= 11 is 0. The van der Waals surface area contributed by atoms with Crippen LogP contribution in [-0.4, -0.2) is 41.4 Å². The fourth-order valence-electron chi connectivity index (χ4n) is 4.69. The fraction of sp³-hybridized carbons (Fsp3) is 0.600. The van der Waals surface area contributed by atoms with E-state index < -0.39 is 6.10 Å². The van der Waals surface area contributed by atoms with Crippen molar-refractivity contribution in [1.82, 2.24) is 9.97 Å². The summed E-state index contributed by atoms with van der Waals surface area (Å²) in [7, 11) is 3.24. The van der Waals surface area contributed by atoms with Crippen LogP contribution in [-0.2, 0) is 12.8 Å². The number of aromatic nitrogens is 2. The highest BCUT2D eigenvalue weighted by molar-refractivity contribution is 5.48. The van der Waals surface area contributed by atoms with Crippen LogP contribution in [0.15, 0.2) is 47.3 Å². The van der Waals surface area contributed by atoms with Gasteiger partial charge in [0.1, 0.15) is 23.1 Å². The summed E-state index contributed by atoms with van der Waals surface area (Å²) in [5, 5.41) is 13.7. The van der Waals surface area contributed by atoms with Crippen molar-refractivity contribution in [2.75, 3.05) is 19.5 Å². The van der Waals surface area contributed by atoms with Crippen LogP contribution in [0.2, 0.25) is 0 Å². The summed E-state index contributed by atoms with van der Waals surface area (Å²) in [5.41, 5.74) is 3.39. The molecule has 0 radical (unpaired) electrons. The molecule has 0 spiro atoms. The average molecular weight is 652 g/mol. The Labute approximate surface area is 285 Å². The van der Waals surface area contributed by atoms with Crippen LogP contribution in [0.5, 0.6) is 11.5 Å². The molecule has 0 aliphatic heterocycles. The van der Waals surface area contributed by atoms with E-state index >= 15 is 0 Å². The number of aliphatic hydroxyl groups excluding tert-OH is 1. The van der Waals surface area contributed by atoms with Crippen molar-refractivity contribution >= 4 is 5.82 Å². The highest BCUT2D eigenvalue weighted by atomic mass is 16.5. The van der Waals surface area contributed by atoms with Crippen LogP contribution in [0.1, 0.15) is 116 Å². The molecule has 7 nitrogen and oxygen atoms in total. The zero-order valence-corrected chi connectivity index (χ0v) is 31.5. The van der Waals surface area contributed by atoms with E-state index in [2.05, 4.69) is 70.9 Å². The van der Waals surface area contributed by atoms with Crippen molar-refractivity contribution < 1.29 is 14.6 Å². The van der Waals surface area contributed by atoms with E-state index in [-0.39, 0.29) is 11.6 Å². The Morgan fingerprint density at radius 1 is 0.809 bits per heavy atom. The molecule has 3 aromatic rings. The van der Waals surface area contributed by atoms with Gasteiger partial charge in [-0.15, -0.1) is 0 Å². The molecule has 264 valence electrons. The van der Waals surface area contributed by atoms with Gasteiger partial charge in [-0.1, -0.05) is 98.1 Å². The second-order valence-electron chi connectivity index (χ2n) is 13.8. The third-order valence-corrected chi connectivity index (χ3v) is 8.25. The second kappa shape index (κ2) is 22.3. The lowest BCUT2D eigenvalue weighted by Crippen LogP contribution is -2.33. The number of nitrogens with one attached hydrogen (secondary N) is 2. The summed E-state index contributed by atoms with van der Waals surface area (Å²) in [4.78, 5) is 20.2. The number of benzene rings is 2. The molecule has 0 saturated heterocycles. The van der Waals surface area contributed by atoms with E-state index in [9.17, 15) is 9.90 Å². The van der Waals surface area contributed by atoms with Gasteiger partial charge in [0.2, 0.25) is 0 Å². The first-order chi connectivity index (χ1) is 22.2. The Hall–Kier alpha value is -3.32. The fourth-order valence-corrected chi connectivity index (χ4v) is 4.69. The Morgan fingerprint density at radius 2 is 1.34 bits per heavy atom. The molecule has 3 N–H and O–H groups in total. The number of H-pyrrole nitrogens is 1. The minimum absolute atomic E-state index is 0.202. The van der Waals surface area contributed by atoms with Gasteiger partial charge in [0, 0.05) is 12.0 Å². The van der Waals surface area contributed by atoms with Crippen LogP contribution < -0.4 is 20.3 Å². The van der Waals surface area contributed by atoms with Crippen molar-refractivity contribution in [2.45, 2.75) is 126 Å². The molecule has 1 aromatic heterocycles. The van der Waals surface area contributed by atoms with Crippen LogP contribution in [0.25, 0.3) is 0 Å². The van der Waals surface area contributed by atoms with E-state index in [1.54, 1.807) is 28.1 Å². The summed E-state index contributed by atoms with van der Waals surface area (Å²) in [6.45, 7) is 21.2. The third-order valence-electron chi connectivity index (χ3n) is 8.25. The lowest BCUT2D eigenvalue weighted by Gasteiger charge is -2.23. The largest absolute Gasteiger partial charge is 0.496 e. The van der Waals surface area contributed by atoms with E-state index in [0.29, 0.717) is 23.6 Å². The summed E-state index contributed by atoms with van der Waals surface area (Å²) in [5.74, 6) is 5.12. The first-order valence-electron chi connectivity index (χ1n) is 17.5. The first kappa shape index (κ1) is 41.7. The smallest absolute Gasteiger partial charge is 0.255 e. The molecule has 2 atom stereocenters. The van der Waals surface area contributed by atoms with E-state index in [4.69, 9.17) is 14.5 Å². The average Bonchev–Trinajstić information content (AvgIpc) is 3.03. The number of hydrogen-bond acceptors (Lipinski definition) is 6. The molecule has 7 heteroatoms. The number of ether oxygens (including phenoxy) is 2. The van der Waals surface area contributed by atoms with Gasteiger partial charge in [0.05, 0.1) is 31.9 Å². The molecule has 3 rings (SSSR count). The quantitative estimate of drug-likeness (QED) is 0.152. The number of aromatic amines is 1. The van der Waals surface area contributed by atoms with Gasteiger partial charge >= 0.3 is 0 Å². The molecule has 0 amide bonds. The highest BCUT2D eigenvalue weighted by Gasteiger charge is 2.18. The van der Waals surface area contributed by atoms with Crippen molar-refractivity contribution in [3.63, 3.8) is 0 Å². The van der Waals surface area contributed by atoms with Crippen LogP contribution in [0.4, 0.5) is 5.82 Å². The number of nitrogens with zero attached hydrogens (tertiary/aromatic N) is 1. The zero-order chi connectivity index (χ0) is 35.5. The molecule has 0 aliphatic carbocycles. The molecule has 0 fully saturated rings. The second-order valence-corrected chi connectivity index (χ2v) is 13.8. The molecule has 0 bridgehead atoms. The Bertz CT molecular complexity index is 1300. The number of rotatable bonds is 15. The number of aliphatic hydroxyl groups is 1. The maximum atomic E-state index is 12.7. The molecule has 1 heterocycles. The van der Waals surface area contributed by atoms with Gasteiger partial charge in [0.15, 0.2) is 0 Å². The van der Waals surface area contributed by atoms with Crippen molar-refractivity contribution in [1.29, 1.82) is 0 Å². The summed E-state index contributed by atoms with van der Waals surface area (Å²) in [6.07, 6.45) is 6.48. The minimum Gasteiger partial charge on any atom is -0.496 e. The normalized spacial score (nSPS) is 12.2. The topological polar surface area (TPSA) is 96.5 Å². The van der Waals surface area contributed by atoms with Gasteiger partial charge in [-0.3, -0.25) is 4.79 Å². The van der Waals surface area contributed by atoms with Gasteiger partial charge in [-0.2, -0.15) is 0 Å². The van der Waals surface area contributed by atoms with Crippen molar-refractivity contribution in [2.24, 2.45) is 17.8 Å². The van der Waals surface area contributed by atoms with Gasteiger partial charge in [-0.25, -0.2) is 4.98 Å².